The molecule has 0 saturated carbocycles. The maximum Gasteiger partial charge on any atom is 0.119 e. The number of benzene rings is 1. The predicted molar refractivity (Wildman–Crippen MR) is 54.1 cm³/mol. The van der Waals surface area contributed by atoms with E-state index in [1.807, 2.05) is 6.07 Å². The highest BCUT2D eigenvalue weighted by Gasteiger charge is 2.11. The molecule has 1 aliphatic carbocycles. The van der Waals surface area contributed by atoms with E-state index in [4.69, 9.17) is 4.74 Å². The summed E-state index contributed by atoms with van der Waals surface area (Å²) in [6, 6.07) is 8.34. The summed E-state index contributed by atoms with van der Waals surface area (Å²) in [7, 11) is 1.71. The van der Waals surface area contributed by atoms with E-state index < -0.39 is 0 Å². The molecule has 1 atom stereocenters. The van der Waals surface area contributed by atoms with E-state index in [0.717, 1.165) is 5.75 Å². The van der Waals surface area contributed by atoms with Crippen LogP contribution < -0.4 is 4.74 Å². The van der Waals surface area contributed by atoms with E-state index in [1.165, 1.54) is 18.4 Å². The Balaban J connectivity index is 2.24. The molecule has 0 N–H and O–H groups in total. The van der Waals surface area contributed by atoms with Crippen LogP contribution in [-0.2, 0) is 0 Å². The van der Waals surface area contributed by atoms with E-state index in [0.29, 0.717) is 5.92 Å². The maximum atomic E-state index is 5.19. The third kappa shape index (κ3) is 1.74. The second-order valence-electron chi connectivity index (χ2n) is 3.39. The average Bonchev–Trinajstić information content (AvgIpc) is 2.71. The number of methoxy groups -OCH3 is 1. The Morgan fingerprint density at radius 3 is 3.00 bits per heavy atom. The molecule has 2 rings (SSSR count). The van der Waals surface area contributed by atoms with Gasteiger partial charge in [-0.15, -0.1) is 0 Å². The molecule has 0 heterocycles. The number of ether oxygens (including phenoxy) is 1. The van der Waals surface area contributed by atoms with Crippen molar-refractivity contribution in [3.8, 4) is 5.75 Å². The molecular formula is C12H14O. The lowest BCUT2D eigenvalue weighted by Crippen LogP contribution is -1.91. The normalized spacial score (nSPS) is 20.5. The van der Waals surface area contributed by atoms with Crippen LogP contribution in [-0.4, -0.2) is 7.11 Å². The Morgan fingerprint density at radius 1 is 1.38 bits per heavy atom. The van der Waals surface area contributed by atoms with Crippen LogP contribution in [0.5, 0.6) is 5.75 Å². The van der Waals surface area contributed by atoms with Gasteiger partial charge < -0.3 is 4.74 Å². The number of hydrogen-bond acceptors (Lipinski definition) is 1. The first kappa shape index (κ1) is 8.36. The fourth-order valence-electron chi connectivity index (χ4n) is 1.78. The first-order valence-corrected chi connectivity index (χ1v) is 4.71. The summed E-state index contributed by atoms with van der Waals surface area (Å²) in [5, 5.41) is 0. The summed E-state index contributed by atoms with van der Waals surface area (Å²) < 4.78 is 5.19. The van der Waals surface area contributed by atoms with E-state index in [9.17, 15) is 0 Å². The Bertz CT molecular complexity index is 315. The van der Waals surface area contributed by atoms with Crippen LogP contribution in [0, 0.1) is 0 Å². The van der Waals surface area contributed by atoms with Gasteiger partial charge in [0.1, 0.15) is 5.75 Å². The molecule has 0 aromatic heterocycles. The monoisotopic (exact) mass is 174 g/mol. The lowest BCUT2D eigenvalue weighted by Gasteiger charge is -2.09. The molecule has 0 fully saturated rings. The summed E-state index contributed by atoms with van der Waals surface area (Å²) in [4.78, 5) is 0. The highest BCUT2D eigenvalue weighted by atomic mass is 16.5. The molecule has 0 aliphatic heterocycles. The summed E-state index contributed by atoms with van der Waals surface area (Å²) >= 11 is 0. The average molecular weight is 174 g/mol. The van der Waals surface area contributed by atoms with Gasteiger partial charge in [-0.1, -0.05) is 24.3 Å². The quantitative estimate of drug-likeness (QED) is 0.626. The van der Waals surface area contributed by atoms with Crippen molar-refractivity contribution >= 4 is 0 Å². The SMILES string of the molecule is COc1cccc(C2C=CCC2)c1. The van der Waals surface area contributed by atoms with Crippen LogP contribution in [0.2, 0.25) is 0 Å². The van der Waals surface area contributed by atoms with Gasteiger partial charge in [-0.05, 0) is 30.5 Å². The van der Waals surface area contributed by atoms with Gasteiger partial charge in [0.15, 0.2) is 0 Å². The third-order valence-corrected chi connectivity index (χ3v) is 2.53. The fraction of sp³-hybridized carbons (Fsp3) is 0.333. The molecule has 0 bridgehead atoms. The molecule has 13 heavy (non-hydrogen) atoms. The molecule has 0 spiro atoms. The minimum atomic E-state index is 0.607. The van der Waals surface area contributed by atoms with Gasteiger partial charge >= 0.3 is 0 Å². The Morgan fingerprint density at radius 2 is 2.31 bits per heavy atom. The van der Waals surface area contributed by atoms with Crippen LogP contribution in [0.4, 0.5) is 0 Å². The lowest BCUT2D eigenvalue weighted by molar-refractivity contribution is 0.414. The summed E-state index contributed by atoms with van der Waals surface area (Å²) in [5.74, 6) is 1.56. The molecule has 1 nitrogen and oxygen atoms in total. The van der Waals surface area contributed by atoms with Crippen molar-refractivity contribution in [2.24, 2.45) is 0 Å². The van der Waals surface area contributed by atoms with Crippen LogP contribution in [0.15, 0.2) is 36.4 Å². The van der Waals surface area contributed by atoms with Gasteiger partial charge in [-0.3, -0.25) is 0 Å². The van der Waals surface area contributed by atoms with Gasteiger partial charge in [0, 0.05) is 5.92 Å². The van der Waals surface area contributed by atoms with Gasteiger partial charge in [-0.2, -0.15) is 0 Å². The summed E-state index contributed by atoms with van der Waals surface area (Å²) in [6.07, 6.45) is 6.99. The molecule has 0 amide bonds. The molecule has 0 radical (unpaired) electrons. The van der Waals surface area contributed by atoms with Crippen molar-refractivity contribution in [3.63, 3.8) is 0 Å². The molecular weight excluding hydrogens is 160 g/mol. The summed E-state index contributed by atoms with van der Waals surface area (Å²) in [5.41, 5.74) is 1.37. The van der Waals surface area contributed by atoms with Crippen molar-refractivity contribution in [1.29, 1.82) is 0 Å². The second kappa shape index (κ2) is 3.65. The van der Waals surface area contributed by atoms with Crippen molar-refractivity contribution in [3.05, 3.63) is 42.0 Å². The first-order chi connectivity index (χ1) is 6.40. The predicted octanol–water partition coefficient (Wildman–Crippen LogP) is 3.13. The topological polar surface area (TPSA) is 9.23 Å². The largest absolute Gasteiger partial charge is 0.497 e. The van der Waals surface area contributed by atoms with Gasteiger partial charge in [-0.25, -0.2) is 0 Å². The van der Waals surface area contributed by atoms with Crippen molar-refractivity contribution in [2.75, 3.05) is 7.11 Å². The number of allylic oxidation sites excluding steroid dienone is 2. The van der Waals surface area contributed by atoms with Crippen LogP contribution in [0.3, 0.4) is 0 Å². The zero-order chi connectivity index (χ0) is 9.10. The Labute approximate surface area is 79.0 Å². The highest BCUT2D eigenvalue weighted by molar-refractivity contribution is 5.33. The lowest BCUT2D eigenvalue weighted by atomic mass is 9.99. The highest BCUT2D eigenvalue weighted by Crippen LogP contribution is 2.29. The second-order valence-corrected chi connectivity index (χ2v) is 3.39. The van der Waals surface area contributed by atoms with E-state index in [1.54, 1.807) is 7.11 Å². The van der Waals surface area contributed by atoms with E-state index in [2.05, 4.69) is 30.4 Å². The maximum absolute atomic E-state index is 5.19. The molecule has 68 valence electrons. The number of hydrogen-bond donors (Lipinski definition) is 0. The minimum absolute atomic E-state index is 0.607. The molecule has 1 heteroatoms. The molecule has 1 aromatic carbocycles. The van der Waals surface area contributed by atoms with Crippen LogP contribution in [0.1, 0.15) is 24.3 Å². The van der Waals surface area contributed by atoms with E-state index >= 15 is 0 Å². The Kier molecular flexibility index (Phi) is 2.35. The fourth-order valence-corrected chi connectivity index (χ4v) is 1.78. The molecule has 1 aliphatic rings. The Hall–Kier alpha value is -1.24. The van der Waals surface area contributed by atoms with Gasteiger partial charge in [0.25, 0.3) is 0 Å². The smallest absolute Gasteiger partial charge is 0.119 e. The van der Waals surface area contributed by atoms with Crippen molar-refractivity contribution in [1.82, 2.24) is 0 Å². The first-order valence-electron chi connectivity index (χ1n) is 4.71. The van der Waals surface area contributed by atoms with Gasteiger partial charge in [0.2, 0.25) is 0 Å². The molecule has 1 unspecified atom stereocenters. The van der Waals surface area contributed by atoms with Gasteiger partial charge in [0.05, 0.1) is 7.11 Å². The van der Waals surface area contributed by atoms with Crippen LogP contribution in [0.25, 0.3) is 0 Å². The minimum Gasteiger partial charge on any atom is -0.497 e. The zero-order valence-electron chi connectivity index (χ0n) is 7.86. The van der Waals surface area contributed by atoms with Crippen LogP contribution >= 0.6 is 0 Å². The zero-order valence-corrected chi connectivity index (χ0v) is 7.86. The standard InChI is InChI=1S/C12H14O/c1-13-12-8-4-7-11(9-12)10-5-2-3-6-10/h2,4-5,7-10H,3,6H2,1H3. The molecule has 0 saturated heterocycles. The van der Waals surface area contributed by atoms with E-state index in [-0.39, 0.29) is 0 Å². The van der Waals surface area contributed by atoms with Crippen molar-refractivity contribution < 1.29 is 4.74 Å². The van der Waals surface area contributed by atoms with Crippen molar-refractivity contribution in [2.45, 2.75) is 18.8 Å². The molecule has 1 aromatic rings. The third-order valence-electron chi connectivity index (χ3n) is 2.53. The number of rotatable bonds is 2. The summed E-state index contributed by atoms with van der Waals surface area (Å²) in [6.45, 7) is 0.